The van der Waals surface area contributed by atoms with E-state index in [0.717, 1.165) is 28.5 Å². The number of nitrogens with zero attached hydrogens (tertiary/aromatic N) is 1. The minimum absolute atomic E-state index is 0.0637. The van der Waals surface area contributed by atoms with Crippen molar-refractivity contribution < 1.29 is 9.47 Å². The molecule has 0 amide bonds. The minimum atomic E-state index is -0.0637. The summed E-state index contributed by atoms with van der Waals surface area (Å²) in [4.78, 5) is 4.44. The van der Waals surface area contributed by atoms with E-state index in [0.29, 0.717) is 6.61 Å². The van der Waals surface area contributed by atoms with Gasteiger partial charge in [-0.05, 0) is 19.9 Å². The number of aromatic nitrogens is 1. The Bertz CT molecular complexity index is 582. The number of pyridine rings is 1. The zero-order chi connectivity index (χ0) is 14.5. The zero-order valence-corrected chi connectivity index (χ0v) is 12.1. The van der Waals surface area contributed by atoms with Gasteiger partial charge < -0.3 is 15.2 Å². The molecular formula is C16H20N2O2. The van der Waals surface area contributed by atoms with Crippen molar-refractivity contribution in [1.29, 1.82) is 0 Å². The van der Waals surface area contributed by atoms with Crippen molar-refractivity contribution in [1.82, 2.24) is 4.98 Å². The minimum Gasteiger partial charge on any atom is -0.497 e. The maximum absolute atomic E-state index is 5.94. The standard InChI is InChI=1S/C16H20N2O2/c1-11-8-14(19-3)9-13(18-11)10-20-16-7-5-4-6-15(16)12(2)17/h4-9,12H,10,17H2,1-3H3/t12-/m0/s1. The SMILES string of the molecule is COc1cc(C)nc(COc2ccccc2[C@H](C)N)c1. The molecule has 2 aromatic rings. The Morgan fingerprint density at radius 2 is 2.00 bits per heavy atom. The second kappa shape index (κ2) is 6.39. The molecule has 0 saturated carbocycles. The smallest absolute Gasteiger partial charge is 0.130 e. The number of aryl methyl sites for hydroxylation is 1. The van der Waals surface area contributed by atoms with E-state index in [1.165, 1.54) is 0 Å². The molecule has 0 saturated heterocycles. The monoisotopic (exact) mass is 272 g/mol. The molecule has 0 aliphatic heterocycles. The molecule has 4 nitrogen and oxygen atoms in total. The molecule has 0 aliphatic carbocycles. The molecule has 1 aromatic heterocycles. The second-order valence-corrected chi connectivity index (χ2v) is 4.75. The maximum Gasteiger partial charge on any atom is 0.130 e. The molecule has 0 bridgehead atoms. The predicted molar refractivity (Wildman–Crippen MR) is 78.9 cm³/mol. The maximum atomic E-state index is 5.94. The molecule has 1 atom stereocenters. The Morgan fingerprint density at radius 3 is 2.70 bits per heavy atom. The van der Waals surface area contributed by atoms with Gasteiger partial charge >= 0.3 is 0 Å². The van der Waals surface area contributed by atoms with Gasteiger partial charge in [0.2, 0.25) is 0 Å². The first kappa shape index (κ1) is 14.3. The highest BCUT2D eigenvalue weighted by Gasteiger charge is 2.08. The summed E-state index contributed by atoms with van der Waals surface area (Å²) < 4.78 is 11.1. The van der Waals surface area contributed by atoms with Gasteiger partial charge in [0.15, 0.2) is 0 Å². The number of methoxy groups -OCH3 is 1. The van der Waals surface area contributed by atoms with Gasteiger partial charge in [-0.2, -0.15) is 0 Å². The normalized spacial score (nSPS) is 12.0. The molecule has 0 radical (unpaired) electrons. The van der Waals surface area contributed by atoms with Crippen molar-refractivity contribution in [3.05, 3.63) is 53.3 Å². The fraction of sp³-hybridized carbons (Fsp3) is 0.312. The Hall–Kier alpha value is -2.07. The number of benzene rings is 1. The van der Waals surface area contributed by atoms with Gasteiger partial charge in [0, 0.05) is 29.4 Å². The van der Waals surface area contributed by atoms with Crippen LogP contribution in [0.25, 0.3) is 0 Å². The van der Waals surface area contributed by atoms with Crippen LogP contribution in [0.2, 0.25) is 0 Å². The van der Waals surface area contributed by atoms with Gasteiger partial charge in [0.05, 0.1) is 12.8 Å². The van der Waals surface area contributed by atoms with Crippen LogP contribution < -0.4 is 15.2 Å². The van der Waals surface area contributed by atoms with E-state index in [2.05, 4.69) is 4.98 Å². The van der Waals surface area contributed by atoms with Gasteiger partial charge in [-0.25, -0.2) is 0 Å². The Kier molecular flexibility index (Phi) is 4.58. The van der Waals surface area contributed by atoms with E-state index >= 15 is 0 Å². The molecule has 106 valence electrons. The first-order valence-corrected chi connectivity index (χ1v) is 6.59. The summed E-state index contributed by atoms with van der Waals surface area (Å²) in [6, 6.07) is 11.5. The molecule has 4 heteroatoms. The molecule has 20 heavy (non-hydrogen) atoms. The lowest BCUT2D eigenvalue weighted by molar-refractivity contribution is 0.295. The van der Waals surface area contributed by atoms with Crippen LogP contribution in [0.1, 0.15) is 29.9 Å². The van der Waals surface area contributed by atoms with Crippen molar-refractivity contribution in [2.24, 2.45) is 5.73 Å². The molecular weight excluding hydrogens is 252 g/mol. The van der Waals surface area contributed by atoms with E-state index < -0.39 is 0 Å². The Balaban J connectivity index is 2.15. The van der Waals surface area contributed by atoms with Crippen LogP contribution in [-0.4, -0.2) is 12.1 Å². The molecule has 0 unspecified atom stereocenters. The highest BCUT2D eigenvalue weighted by Crippen LogP contribution is 2.24. The second-order valence-electron chi connectivity index (χ2n) is 4.75. The lowest BCUT2D eigenvalue weighted by atomic mass is 10.1. The highest BCUT2D eigenvalue weighted by molar-refractivity contribution is 5.35. The van der Waals surface area contributed by atoms with Gasteiger partial charge in [-0.15, -0.1) is 0 Å². The van der Waals surface area contributed by atoms with Crippen LogP contribution in [0.15, 0.2) is 36.4 Å². The molecule has 0 fully saturated rings. The number of hydrogen-bond acceptors (Lipinski definition) is 4. The van der Waals surface area contributed by atoms with Gasteiger partial charge in [-0.3, -0.25) is 4.98 Å². The summed E-state index contributed by atoms with van der Waals surface area (Å²) in [5.74, 6) is 1.58. The third-order valence-corrected chi connectivity index (χ3v) is 3.00. The number of para-hydroxylation sites is 1. The van der Waals surface area contributed by atoms with Crippen LogP contribution in [0.3, 0.4) is 0 Å². The number of rotatable bonds is 5. The highest BCUT2D eigenvalue weighted by atomic mass is 16.5. The quantitative estimate of drug-likeness (QED) is 0.909. The van der Waals surface area contributed by atoms with E-state index in [1.807, 2.05) is 50.2 Å². The average molecular weight is 272 g/mol. The summed E-state index contributed by atoms with van der Waals surface area (Å²) in [6.45, 7) is 4.26. The van der Waals surface area contributed by atoms with Crippen LogP contribution in [0, 0.1) is 6.92 Å². The molecule has 1 heterocycles. The largest absolute Gasteiger partial charge is 0.497 e. The fourth-order valence-corrected chi connectivity index (χ4v) is 2.03. The van der Waals surface area contributed by atoms with E-state index in [9.17, 15) is 0 Å². The first-order chi connectivity index (χ1) is 9.60. The van der Waals surface area contributed by atoms with Crippen LogP contribution >= 0.6 is 0 Å². The molecule has 2 rings (SSSR count). The molecule has 1 aromatic carbocycles. The summed E-state index contributed by atoms with van der Waals surface area (Å²) in [5, 5.41) is 0. The van der Waals surface area contributed by atoms with Gasteiger partial charge in [0.25, 0.3) is 0 Å². The molecule has 0 spiro atoms. The third kappa shape index (κ3) is 3.48. The topological polar surface area (TPSA) is 57.4 Å². The van der Waals surface area contributed by atoms with Crippen molar-refractivity contribution in [3.63, 3.8) is 0 Å². The Morgan fingerprint density at radius 1 is 1.25 bits per heavy atom. The lowest BCUT2D eigenvalue weighted by Gasteiger charge is -2.14. The van der Waals surface area contributed by atoms with Crippen LogP contribution in [0.4, 0.5) is 0 Å². The van der Waals surface area contributed by atoms with Crippen molar-refractivity contribution in [2.45, 2.75) is 26.5 Å². The molecule has 2 N–H and O–H groups in total. The van der Waals surface area contributed by atoms with Crippen molar-refractivity contribution in [3.8, 4) is 11.5 Å². The summed E-state index contributed by atoms with van der Waals surface area (Å²) in [5.41, 5.74) is 8.67. The van der Waals surface area contributed by atoms with E-state index in [4.69, 9.17) is 15.2 Å². The van der Waals surface area contributed by atoms with Crippen LogP contribution in [0.5, 0.6) is 11.5 Å². The third-order valence-electron chi connectivity index (χ3n) is 3.00. The summed E-state index contributed by atoms with van der Waals surface area (Å²) in [6.07, 6.45) is 0. The first-order valence-electron chi connectivity index (χ1n) is 6.59. The summed E-state index contributed by atoms with van der Waals surface area (Å²) >= 11 is 0. The summed E-state index contributed by atoms with van der Waals surface area (Å²) in [7, 11) is 1.64. The Labute approximate surface area is 119 Å². The van der Waals surface area contributed by atoms with Crippen LogP contribution in [-0.2, 0) is 6.61 Å². The number of ether oxygens (including phenoxy) is 2. The van der Waals surface area contributed by atoms with E-state index in [-0.39, 0.29) is 6.04 Å². The predicted octanol–water partition coefficient (Wildman–Crippen LogP) is 3.00. The average Bonchev–Trinajstić information content (AvgIpc) is 2.44. The van der Waals surface area contributed by atoms with Gasteiger partial charge in [0.1, 0.15) is 18.1 Å². The van der Waals surface area contributed by atoms with Gasteiger partial charge in [-0.1, -0.05) is 18.2 Å². The molecule has 0 aliphatic rings. The number of nitrogens with two attached hydrogens (primary N) is 1. The van der Waals surface area contributed by atoms with Crippen molar-refractivity contribution >= 4 is 0 Å². The van der Waals surface area contributed by atoms with E-state index in [1.54, 1.807) is 7.11 Å². The zero-order valence-electron chi connectivity index (χ0n) is 12.1. The lowest BCUT2D eigenvalue weighted by Crippen LogP contribution is -2.08. The number of hydrogen-bond donors (Lipinski definition) is 1. The van der Waals surface area contributed by atoms with Crippen molar-refractivity contribution in [2.75, 3.05) is 7.11 Å². The fourth-order valence-electron chi connectivity index (χ4n) is 2.03.